The van der Waals surface area contributed by atoms with Crippen LogP contribution in [0.2, 0.25) is 0 Å². The quantitative estimate of drug-likeness (QED) is 0.165. The van der Waals surface area contributed by atoms with E-state index in [1.54, 1.807) is 0 Å². The zero-order chi connectivity index (χ0) is 37.7. The molecule has 2 atom stereocenters. The van der Waals surface area contributed by atoms with Gasteiger partial charge in [0.05, 0.1) is 33.9 Å². The molecule has 11 rings (SSSR count). The number of rotatable bonds is 5. The summed E-state index contributed by atoms with van der Waals surface area (Å²) in [4.78, 5) is 5.15. The lowest BCUT2D eigenvalue weighted by Gasteiger charge is -2.21. The van der Waals surface area contributed by atoms with Gasteiger partial charge in [-0.2, -0.15) is 5.26 Å². The number of hydrogen-bond donors (Lipinski definition) is 0. The molecule has 9 aromatic rings. The Labute approximate surface area is 330 Å². The molecule has 56 heavy (non-hydrogen) atoms. The maximum atomic E-state index is 9.96. The first-order valence-corrected chi connectivity index (χ1v) is 20.3. The highest BCUT2D eigenvalue weighted by Crippen LogP contribution is 2.59. The summed E-state index contributed by atoms with van der Waals surface area (Å²) >= 11 is 2.05. The molecular weight excluding hydrogens is 699 g/mol. The summed E-state index contributed by atoms with van der Waals surface area (Å²) in [6.07, 6.45) is 0. The van der Waals surface area contributed by atoms with Crippen molar-refractivity contribution in [2.45, 2.75) is 36.7 Å². The summed E-state index contributed by atoms with van der Waals surface area (Å²) in [7, 11) is 0. The van der Waals surface area contributed by atoms with Crippen molar-refractivity contribution < 1.29 is 0 Å². The molecule has 3 heterocycles. The molecule has 0 amide bonds. The molecule has 2 unspecified atom stereocenters. The molecule has 0 bridgehead atoms. The van der Waals surface area contributed by atoms with Crippen molar-refractivity contribution in [2.75, 3.05) is 0 Å². The Balaban J connectivity index is 1.26. The Morgan fingerprint density at radius 3 is 2.20 bits per heavy atom. The van der Waals surface area contributed by atoms with Crippen molar-refractivity contribution in [3.8, 4) is 56.4 Å². The van der Waals surface area contributed by atoms with Crippen molar-refractivity contribution in [1.82, 2.24) is 9.55 Å². The number of nitrogens with zero attached hydrogens (tertiary/aromatic N) is 3. The SMILES string of the molecule is CC1SC1c1cccc2c1c1c3c(ccc1n2-c1cc(-c2cccc(C#N)c2)cc(-c2cc(-c4ccccc4)nc4ccccc24)c1)C(C)(C)c1ccccc1-3. The Morgan fingerprint density at radius 1 is 0.625 bits per heavy atom. The molecule has 0 saturated carbocycles. The van der Waals surface area contributed by atoms with Crippen LogP contribution in [0, 0.1) is 11.3 Å². The molecule has 266 valence electrons. The number of hydrogen-bond acceptors (Lipinski definition) is 3. The summed E-state index contributed by atoms with van der Waals surface area (Å²) in [5.74, 6) is 0. The van der Waals surface area contributed by atoms with Gasteiger partial charge in [0.1, 0.15) is 0 Å². The van der Waals surface area contributed by atoms with E-state index in [9.17, 15) is 5.26 Å². The lowest BCUT2D eigenvalue weighted by Crippen LogP contribution is -2.14. The minimum atomic E-state index is -0.108. The maximum absolute atomic E-state index is 9.96. The van der Waals surface area contributed by atoms with Gasteiger partial charge < -0.3 is 4.57 Å². The Morgan fingerprint density at radius 2 is 1.36 bits per heavy atom. The average Bonchev–Trinajstić information content (AvgIpc) is 3.81. The van der Waals surface area contributed by atoms with Gasteiger partial charge in [-0.05, 0) is 105 Å². The van der Waals surface area contributed by atoms with Crippen LogP contribution in [0.15, 0.2) is 158 Å². The molecular formula is C52H37N3S. The standard InChI is InChI=1S/C52H37N3S/c1-31-51(56-31)40-19-12-22-46-49(40)50-47(24-23-43-48(50)39-18-7-9-20-42(39)52(43,2)3)55(46)37-27-35(34-16-11-13-32(25-34)30-53)26-36(28-37)41-29-45(33-14-5-4-6-15-33)54-44-21-10-8-17-38(41)44/h4-29,31,51H,1-3H3. The Hall–Kier alpha value is -6.41. The number of nitriles is 1. The third-order valence-corrected chi connectivity index (χ3v) is 13.5. The van der Waals surface area contributed by atoms with Gasteiger partial charge in [-0.15, -0.1) is 11.8 Å². The molecule has 3 nitrogen and oxygen atoms in total. The van der Waals surface area contributed by atoms with Crippen molar-refractivity contribution in [1.29, 1.82) is 5.26 Å². The first-order valence-electron chi connectivity index (χ1n) is 19.4. The molecule has 2 aliphatic rings. The highest BCUT2D eigenvalue weighted by Gasteiger charge is 2.40. The van der Waals surface area contributed by atoms with E-state index in [0.717, 1.165) is 50.1 Å². The number of para-hydroxylation sites is 1. The van der Waals surface area contributed by atoms with Gasteiger partial charge in [0.2, 0.25) is 0 Å². The number of thioether (sulfide) groups is 1. The van der Waals surface area contributed by atoms with Crippen LogP contribution < -0.4 is 0 Å². The van der Waals surface area contributed by atoms with Crippen LogP contribution in [-0.4, -0.2) is 14.8 Å². The van der Waals surface area contributed by atoms with E-state index < -0.39 is 0 Å². The normalized spacial score (nSPS) is 16.5. The molecule has 1 fully saturated rings. The molecule has 2 aromatic heterocycles. The van der Waals surface area contributed by atoms with E-state index in [4.69, 9.17) is 4.98 Å². The summed E-state index contributed by atoms with van der Waals surface area (Å²) in [6.45, 7) is 7.09. The molecule has 0 spiro atoms. The summed E-state index contributed by atoms with van der Waals surface area (Å²) in [5, 5.41) is 14.8. The minimum absolute atomic E-state index is 0.108. The average molecular weight is 736 g/mol. The molecule has 0 radical (unpaired) electrons. The fourth-order valence-electron chi connectivity index (χ4n) is 9.40. The van der Waals surface area contributed by atoms with E-state index >= 15 is 0 Å². The second-order valence-electron chi connectivity index (χ2n) is 15.8. The van der Waals surface area contributed by atoms with E-state index in [0.29, 0.717) is 16.1 Å². The van der Waals surface area contributed by atoms with Gasteiger partial charge >= 0.3 is 0 Å². The number of aromatic nitrogens is 2. The molecule has 1 saturated heterocycles. The molecule has 7 aromatic carbocycles. The second-order valence-corrected chi connectivity index (χ2v) is 17.3. The first-order chi connectivity index (χ1) is 27.4. The predicted octanol–water partition coefficient (Wildman–Crippen LogP) is 13.7. The maximum Gasteiger partial charge on any atom is 0.0991 e. The second kappa shape index (κ2) is 12.3. The zero-order valence-corrected chi connectivity index (χ0v) is 32.2. The van der Waals surface area contributed by atoms with Gasteiger partial charge in [0.15, 0.2) is 0 Å². The zero-order valence-electron chi connectivity index (χ0n) is 31.4. The lowest BCUT2D eigenvalue weighted by atomic mass is 9.82. The summed E-state index contributed by atoms with van der Waals surface area (Å²) < 4.78 is 2.50. The lowest BCUT2D eigenvalue weighted by molar-refractivity contribution is 0.661. The van der Waals surface area contributed by atoms with Gasteiger partial charge in [0.25, 0.3) is 0 Å². The molecule has 1 aliphatic carbocycles. The largest absolute Gasteiger partial charge is 0.309 e. The smallest absolute Gasteiger partial charge is 0.0991 e. The van der Waals surface area contributed by atoms with Crippen molar-refractivity contribution in [3.05, 3.63) is 180 Å². The monoisotopic (exact) mass is 735 g/mol. The van der Waals surface area contributed by atoms with Gasteiger partial charge in [-0.3, -0.25) is 0 Å². The van der Waals surface area contributed by atoms with E-state index in [-0.39, 0.29) is 5.41 Å². The van der Waals surface area contributed by atoms with Crippen LogP contribution >= 0.6 is 11.8 Å². The first kappa shape index (κ1) is 33.0. The summed E-state index contributed by atoms with van der Waals surface area (Å²) in [6, 6.07) is 59.1. The summed E-state index contributed by atoms with van der Waals surface area (Å²) in [5.41, 5.74) is 18.2. The van der Waals surface area contributed by atoms with Gasteiger partial charge in [-0.1, -0.05) is 124 Å². The molecule has 0 N–H and O–H groups in total. The van der Waals surface area contributed by atoms with Crippen LogP contribution in [0.3, 0.4) is 0 Å². The topological polar surface area (TPSA) is 41.6 Å². The van der Waals surface area contributed by atoms with E-state index in [1.807, 2.05) is 24.3 Å². The molecule has 4 heteroatoms. The number of fused-ring (bicyclic) bond motifs is 8. The molecule has 1 aliphatic heterocycles. The highest BCUT2D eigenvalue weighted by molar-refractivity contribution is 8.07. The van der Waals surface area contributed by atoms with Crippen LogP contribution in [0.1, 0.15) is 48.3 Å². The van der Waals surface area contributed by atoms with E-state index in [1.165, 1.54) is 49.6 Å². The predicted molar refractivity (Wildman–Crippen MR) is 234 cm³/mol. The highest BCUT2D eigenvalue weighted by atomic mass is 32.2. The third-order valence-electron chi connectivity index (χ3n) is 12.1. The fraction of sp³-hybridized carbons (Fsp3) is 0.115. The fourth-order valence-corrected chi connectivity index (χ4v) is 10.3. The van der Waals surface area contributed by atoms with Gasteiger partial charge in [0, 0.05) is 43.3 Å². The van der Waals surface area contributed by atoms with Crippen molar-refractivity contribution in [3.63, 3.8) is 0 Å². The Bertz CT molecular complexity index is 3130. The number of pyridine rings is 1. The van der Waals surface area contributed by atoms with Crippen molar-refractivity contribution in [2.24, 2.45) is 0 Å². The number of benzene rings is 7. The van der Waals surface area contributed by atoms with E-state index in [2.05, 4.69) is 177 Å². The van der Waals surface area contributed by atoms with Crippen LogP contribution in [-0.2, 0) is 5.41 Å². The Kier molecular flexibility index (Phi) is 7.24. The minimum Gasteiger partial charge on any atom is -0.309 e. The van der Waals surface area contributed by atoms with Gasteiger partial charge in [-0.25, -0.2) is 4.98 Å². The van der Waals surface area contributed by atoms with Crippen molar-refractivity contribution >= 4 is 44.5 Å². The van der Waals surface area contributed by atoms with Crippen LogP contribution in [0.25, 0.3) is 83.0 Å². The van der Waals surface area contributed by atoms with Crippen LogP contribution in [0.5, 0.6) is 0 Å². The van der Waals surface area contributed by atoms with Crippen LogP contribution in [0.4, 0.5) is 0 Å². The third kappa shape index (κ3) is 4.94.